The van der Waals surface area contributed by atoms with Crippen LogP contribution in [0, 0.1) is 0 Å². The standard InChI is InChI=1S/C16H27N3O2/c1-3-9-17-15-6-4-5-14(18-15)12-19(2)13-16(20)7-10-21-11-8-16/h4-6,20H,3,7-13H2,1-2H3,(H,17,18). The Labute approximate surface area is 127 Å². The van der Waals surface area contributed by atoms with Crippen molar-refractivity contribution >= 4 is 5.82 Å². The molecule has 1 fully saturated rings. The van der Waals surface area contributed by atoms with E-state index in [1.54, 1.807) is 0 Å². The highest BCUT2D eigenvalue weighted by Gasteiger charge is 2.30. The van der Waals surface area contributed by atoms with E-state index in [2.05, 4.69) is 22.1 Å². The van der Waals surface area contributed by atoms with Crippen LogP contribution in [0.25, 0.3) is 0 Å². The summed E-state index contributed by atoms with van der Waals surface area (Å²) in [4.78, 5) is 6.74. The number of rotatable bonds is 7. The molecule has 21 heavy (non-hydrogen) atoms. The molecule has 0 radical (unpaired) electrons. The van der Waals surface area contributed by atoms with Gasteiger partial charge in [-0.3, -0.25) is 4.90 Å². The van der Waals surface area contributed by atoms with Gasteiger partial charge in [0.15, 0.2) is 0 Å². The number of anilines is 1. The molecule has 0 atom stereocenters. The number of aromatic nitrogens is 1. The van der Waals surface area contributed by atoms with E-state index in [1.165, 1.54) is 0 Å². The Kier molecular flexibility index (Phi) is 5.96. The van der Waals surface area contributed by atoms with Gasteiger partial charge in [0, 0.05) is 45.7 Å². The van der Waals surface area contributed by atoms with Crippen molar-refractivity contribution in [1.82, 2.24) is 9.88 Å². The number of hydrogen-bond acceptors (Lipinski definition) is 5. The van der Waals surface area contributed by atoms with Crippen LogP contribution in [0.3, 0.4) is 0 Å². The Morgan fingerprint density at radius 3 is 2.86 bits per heavy atom. The third-order valence-electron chi connectivity index (χ3n) is 3.78. The third kappa shape index (κ3) is 5.26. The Hall–Kier alpha value is -1.17. The minimum Gasteiger partial charge on any atom is -0.388 e. The van der Waals surface area contributed by atoms with Crippen molar-refractivity contribution in [2.75, 3.05) is 38.7 Å². The van der Waals surface area contributed by atoms with Gasteiger partial charge >= 0.3 is 0 Å². The summed E-state index contributed by atoms with van der Waals surface area (Å²) in [6.07, 6.45) is 2.51. The molecule has 2 heterocycles. The van der Waals surface area contributed by atoms with Gasteiger partial charge in [0.1, 0.15) is 5.82 Å². The first-order valence-electron chi connectivity index (χ1n) is 7.80. The second-order valence-corrected chi connectivity index (χ2v) is 5.95. The van der Waals surface area contributed by atoms with E-state index in [0.717, 1.165) is 31.0 Å². The highest BCUT2D eigenvalue weighted by Crippen LogP contribution is 2.21. The topological polar surface area (TPSA) is 57.6 Å². The molecule has 0 amide bonds. The summed E-state index contributed by atoms with van der Waals surface area (Å²) in [6.45, 7) is 5.78. The van der Waals surface area contributed by atoms with Crippen molar-refractivity contribution in [2.45, 2.75) is 38.3 Å². The zero-order chi connectivity index (χ0) is 15.1. The lowest BCUT2D eigenvalue weighted by Crippen LogP contribution is -2.45. The molecule has 0 aromatic carbocycles. The Morgan fingerprint density at radius 2 is 2.14 bits per heavy atom. The molecule has 0 spiro atoms. The maximum Gasteiger partial charge on any atom is 0.126 e. The van der Waals surface area contributed by atoms with Crippen molar-refractivity contribution in [3.05, 3.63) is 23.9 Å². The van der Waals surface area contributed by atoms with Gasteiger partial charge < -0.3 is 15.2 Å². The maximum atomic E-state index is 10.5. The molecule has 0 unspecified atom stereocenters. The molecular weight excluding hydrogens is 266 g/mol. The highest BCUT2D eigenvalue weighted by atomic mass is 16.5. The van der Waals surface area contributed by atoms with Crippen molar-refractivity contribution in [3.63, 3.8) is 0 Å². The molecule has 2 rings (SSSR count). The minimum atomic E-state index is -0.620. The van der Waals surface area contributed by atoms with E-state index in [-0.39, 0.29) is 0 Å². The summed E-state index contributed by atoms with van der Waals surface area (Å²) >= 11 is 0. The number of likely N-dealkylation sites (N-methyl/N-ethyl adjacent to an activating group) is 1. The molecule has 5 heteroatoms. The van der Waals surface area contributed by atoms with Gasteiger partial charge in [0.05, 0.1) is 11.3 Å². The van der Waals surface area contributed by atoms with Crippen molar-refractivity contribution in [2.24, 2.45) is 0 Å². The van der Waals surface area contributed by atoms with Crippen LogP contribution in [-0.4, -0.2) is 53.9 Å². The normalized spacial score (nSPS) is 17.9. The molecular formula is C16H27N3O2. The van der Waals surface area contributed by atoms with Crippen LogP contribution >= 0.6 is 0 Å². The molecule has 0 bridgehead atoms. The molecule has 1 aliphatic rings. The number of ether oxygens (including phenoxy) is 1. The summed E-state index contributed by atoms with van der Waals surface area (Å²) < 4.78 is 5.32. The molecule has 118 valence electrons. The lowest BCUT2D eigenvalue weighted by atomic mass is 9.94. The van der Waals surface area contributed by atoms with E-state index in [0.29, 0.717) is 32.6 Å². The molecule has 1 aromatic rings. The number of hydrogen-bond donors (Lipinski definition) is 2. The van der Waals surface area contributed by atoms with Crippen LogP contribution in [0.1, 0.15) is 31.9 Å². The van der Waals surface area contributed by atoms with Crippen LogP contribution in [0.2, 0.25) is 0 Å². The summed E-state index contributed by atoms with van der Waals surface area (Å²) in [7, 11) is 2.03. The SMILES string of the molecule is CCCNc1cccc(CN(C)CC2(O)CCOCC2)n1. The summed E-state index contributed by atoms with van der Waals surface area (Å²) in [5.41, 5.74) is 0.402. The van der Waals surface area contributed by atoms with Gasteiger partial charge in [-0.05, 0) is 25.6 Å². The van der Waals surface area contributed by atoms with Crippen molar-refractivity contribution < 1.29 is 9.84 Å². The zero-order valence-corrected chi connectivity index (χ0v) is 13.1. The largest absolute Gasteiger partial charge is 0.388 e. The van der Waals surface area contributed by atoms with Crippen molar-refractivity contribution in [3.8, 4) is 0 Å². The Morgan fingerprint density at radius 1 is 1.38 bits per heavy atom. The summed E-state index contributed by atoms with van der Waals surface area (Å²) in [5.74, 6) is 0.924. The van der Waals surface area contributed by atoms with E-state index >= 15 is 0 Å². The first-order valence-corrected chi connectivity index (χ1v) is 7.80. The van der Waals surface area contributed by atoms with Gasteiger partial charge in [-0.25, -0.2) is 4.98 Å². The molecule has 0 aliphatic carbocycles. The van der Waals surface area contributed by atoms with E-state index < -0.39 is 5.60 Å². The number of pyridine rings is 1. The minimum absolute atomic E-state index is 0.620. The Bertz CT molecular complexity index is 433. The van der Waals surface area contributed by atoms with Crippen LogP contribution < -0.4 is 5.32 Å². The predicted octanol–water partition coefficient (Wildman–Crippen LogP) is 1.88. The van der Waals surface area contributed by atoms with Crippen LogP contribution in [0.15, 0.2) is 18.2 Å². The smallest absolute Gasteiger partial charge is 0.126 e. The van der Waals surface area contributed by atoms with Crippen LogP contribution in [0.4, 0.5) is 5.82 Å². The predicted molar refractivity (Wildman–Crippen MR) is 84.4 cm³/mol. The first-order chi connectivity index (χ1) is 10.1. The van der Waals surface area contributed by atoms with Crippen molar-refractivity contribution in [1.29, 1.82) is 0 Å². The number of nitrogens with one attached hydrogen (secondary N) is 1. The van der Waals surface area contributed by atoms with Gasteiger partial charge in [-0.2, -0.15) is 0 Å². The number of aliphatic hydroxyl groups is 1. The lowest BCUT2D eigenvalue weighted by Gasteiger charge is -2.35. The average molecular weight is 293 g/mol. The van der Waals surface area contributed by atoms with Crippen LogP contribution in [-0.2, 0) is 11.3 Å². The fourth-order valence-electron chi connectivity index (χ4n) is 2.66. The zero-order valence-electron chi connectivity index (χ0n) is 13.1. The van der Waals surface area contributed by atoms with Gasteiger partial charge in [-0.15, -0.1) is 0 Å². The van der Waals surface area contributed by atoms with Gasteiger partial charge in [0.25, 0.3) is 0 Å². The van der Waals surface area contributed by atoms with E-state index in [9.17, 15) is 5.11 Å². The van der Waals surface area contributed by atoms with Crippen LogP contribution in [0.5, 0.6) is 0 Å². The fraction of sp³-hybridized carbons (Fsp3) is 0.688. The quantitative estimate of drug-likeness (QED) is 0.804. The molecule has 0 saturated carbocycles. The molecule has 1 saturated heterocycles. The summed E-state index contributed by atoms with van der Waals surface area (Å²) in [5, 5.41) is 13.8. The third-order valence-corrected chi connectivity index (χ3v) is 3.78. The molecule has 1 aliphatic heterocycles. The Balaban J connectivity index is 1.88. The highest BCUT2D eigenvalue weighted by molar-refractivity contribution is 5.35. The first kappa shape index (κ1) is 16.2. The second kappa shape index (κ2) is 7.73. The summed E-state index contributed by atoms with van der Waals surface area (Å²) in [6, 6.07) is 6.05. The fourth-order valence-corrected chi connectivity index (χ4v) is 2.66. The maximum absolute atomic E-state index is 10.5. The van der Waals surface area contributed by atoms with Gasteiger partial charge in [-0.1, -0.05) is 13.0 Å². The molecule has 2 N–H and O–H groups in total. The monoisotopic (exact) mass is 293 g/mol. The molecule has 1 aromatic heterocycles. The second-order valence-electron chi connectivity index (χ2n) is 5.95. The molecule has 5 nitrogen and oxygen atoms in total. The van der Waals surface area contributed by atoms with E-state index in [4.69, 9.17) is 4.74 Å². The van der Waals surface area contributed by atoms with Gasteiger partial charge in [0.2, 0.25) is 0 Å². The van der Waals surface area contributed by atoms with E-state index in [1.807, 2.05) is 25.2 Å². The average Bonchev–Trinajstić information content (AvgIpc) is 2.45. The number of nitrogens with zero attached hydrogens (tertiary/aromatic N) is 2. The lowest BCUT2D eigenvalue weighted by molar-refractivity contribution is -0.0778.